The molecule has 6 heteroatoms. The Labute approximate surface area is 157 Å². The Hall–Kier alpha value is -1.56. The molecular formula is C19H25BrN2O3. The summed E-state index contributed by atoms with van der Waals surface area (Å²) in [5, 5.41) is 0. The summed E-state index contributed by atoms with van der Waals surface area (Å²) in [6.45, 7) is 8.45. The minimum atomic E-state index is -0.463. The van der Waals surface area contributed by atoms with Gasteiger partial charge in [-0.3, -0.25) is 4.79 Å². The van der Waals surface area contributed by atoms with E-state index >= 15 is 0 Å². The second-order valence-corrected chi connectivity index (χ2v) is 8.72. The van der Waals surface area contributed by atoms with E-state index in [1.807, 2.05) is 43.9 Å². The van der Waals surface area contributed by atoms with Gasteiger partial charge in [-0.25, -0.2) is 4.79 Å². The lowest BCUT2D eigenvalue weighted by molar-refractivity contribution is 0.0167. The van der Waals surface area contributed by atoms with Crippen LogP contribution in [0.4, 0.5) is 4.79 Å². The van der Waals surface area contributed by atoms with Crippen LogP contribution in [0.2, 0.25) is 0 Å². The Bertz CT molecular complexity index is 676. The molecule has 1 fully saturated rings. The number of likely N-dealkylation sites (tertiary alicyclic amines) is 1. The molecule has 0 bridgehead atoms. The van der Waals surface area contributed by atoms with Crippen molar-refractivity contribution in [3.8, 4) is 0 Å². The number of benzene rings is 1. The summed E-state index contributed by atoms with van der Waals surface area (Å²) in [4.78, 5) is 28.4. The SMILES string of the molecule is CC(C)(C)OC(=O)N1CCC(CN2Cc3c(Br)cccc3C2=O)CC1. The van der Waals surface area contributed by atoms with Gasteiger partial charge in [-0.2, -0.15) is 0 Å². The maximum Gasteiger partial charge on any atom is 0.410 e. The zero-order valence-electron chi connectivity index (χ0n) is 15.0. The van der Waals surface area contributed by atoms with Crippen LogP contribution >= 0.6 is 15.9 Å². The minimum Gasteiger partial charge on any atom is -0.444 e. The summed E-state index contributed by atoms with van der Waals surface area (Å²) in [6, 6.07) is 5.78. The minimum absolute atomic E-state index is 0.117. The van der Waals surface area contributed by atoms with Gasteiger partial charge in [0.1, 0.15) is 5.60 Å². The largest absolute Gasteiger partial charge is 0.444 e. The summed E-state index contributed by atoms with van der Waals surface area (Å²) in [6.07, 6.45) is 1.57. The van der Waals surface area contributed by atoms with E-state index in [1.54, 1.807) is 4.90 Å². The second-order valence-electron chi connectivity index (χ2n) is 7.86. The number of rotatable bonds is 2. The number of halogens is 1. The van der Waals surface area contributed by atoms with Crippen LogP contribution in [-0.2, 0) is 11.3 Å². The van der Waals surface area contributed by atoms with Crippen molar-refractivity contribution in [1.29, 1.82) is 0 Å². The van der Waals surface area contributed by atoms with Crippen LogP contribution in [0.5, 0.6) is 0 Å². The highest BCUT2D eigenvalue weighted by atomic mass is 79.9. The Morgan fingerprint density at radius 3 is 2.56 bits per heavy atom. The fraction of sp³-hybridized carbons (Fsp3) is 0.579. The van der Waals surface area contributed by atoms with Crippen molar-refractivity contribution < 1.29 is 14.3 Å². The first-order valence-corrected chi connectivity index (χ1v) is 9.58. The normalized spacial score (nSPS) is 18.5. The van der Waals surface area contributed by atoms with Crippen molar-refractivity contribution in [2.45, 2.75) is 45.8 Å². The smallest absolute Gasteiger partial charge is 0.410 e. The predicted octanol–water partition coefficient (Wildman–Crippen LogP) is 4.05. The van der Waals surface area contributed by atoms with Crippen LogP contribution in [0.1, 0.15) is 49.5 Å². The number of amides is 2. The Morgan fingerprint density at radius 1 is 1.28 bits per heavy atom. The molecule has 2 heterocycles. The first-order chi connectivity index (χ1) is 11.7. The molecule has 1 aromatic carbocycles. The van der Waals surface area contributed by atoms with Crippen molar-refractivity contribution in [3.05, 3.63) is 33.8 Å². The lowest BCUT2D eigenvalue weighted by Gasteiger charge is -2.34. The summed E-state index contributed by atoms with van der Waals surface area (Å²) >= 11 is 3.54. The van der Waals surface area contributed by atoms with Crippen LogP contribution in [0.15, 0.2) is 22.7 Å². The number of hydrogen-bond donors (Lipinski definition) is 0. The fourth-order valence-corrected chi connectivity index (χ4v) is 3.93. The first-order valence-electron chi connectivity index (χ1n) is 8.79. The molecule has 0 unspecified atom stereocenters. The van der Waals surface area contributed by atoms with E-state index in [4.69, 9.17) is 4.74 Å². The summed E-state index contributed by atoms with van der Waals surface area (Å²) in [5.74, 6) is 0.543. The van der Waals surface area contributed by atoms with E-state index in [9.17, 15) is 9.59 Å². The van der Waals surface area contributed by atoms with E-state index in [0.29, 0.717) is 25.6 Å². The van der Waals surface area contributed by atoms with E-state index < -0.39 is 5.60 Å². The molecule has 2 amide bonds. The van der Waals surface area contributed by atoms with Gasteiger partial charge in [0.2, 0.25) is 0 Å². The maximum atomic E-state index is 12.6. The highest BCUT2D eigenvalue weighted by molar-refractivity contribution is 9.10. The molecule has 0 spiro atoms. The average molecular weight is 409 g/mol. The van der Waals surface area contributed by atoms with Gasteiger partial charge in [-0.15, -0.1) is 0 Å². The molecular weight excluding hydrogens is 384 g/mol. The molecule has 0 aliphatic carbocycles. The molecule has 2 aliphatic rings. The van der Waals surface area contributed by atoms with Crippen molar-refractivity contribution in [2.75, 3.05) is 19.6 Å². The first kappa shape index (κ1) is 18.2. The van der Waals surface area contributed by atoms with Crippen molar-refractivity contribution in [3.63, 3.8) is 0 Å². The van der Waals surface area contributed by atoms with Gasteiger partial charge >= 0.3 is 6.09 Å². The van der Waals surface area contributed by atoms with Crippen LogP contribution in [0.25, 0.3) is 0 Å². The van der Waals surface area contributed by atoms with Crippen molar-refractivity contribution in [2.24, 2.45) is 5.92 Å². The quantitative estimate of drug-likeness (QED) is 0.741. The van der Waals surface area contributed by atoms with E-state index in [2.05, 4.69) is 15.9 Å². The van der Waals surface area contributed by atoms with Gasteiger partial charge in [0.25, 0.3) is 5.91 Å². The highest BCUT2D eigenvalue weighted by Gasteiger charge is 2.32. The van der Waals surface area contributed by atoms with Crippen LogP contribution in [0.3, 0.4) is 0 Å². The molecule has 3 rings (SSSR count). The van der Waals surface area contributed by atoms with Crippen LogP contribution in [-0.4, -0.2) is 47.0 Å². The van der Waals surface area contributed by atoms with E-state index in [-0.39, 0.29) is 12.0 Å². The molecule has 0 aromatic heterocycles. The summed E-state index contributed by atoms with van der Waals surface area (Å²) in [5.41, 5.74) is 1.42. The number of hydrogen-bond acceptors (Lipinski definition) is 3. The van der Waals surface area contributed by atoms with Crippen LogP contribution in [0, 0.1) is 5.92 Å². The zero-order valence-corrected chi connectivity index (χ0v) is 16.6. The lowest BCUT2D eigenvalue weighted by Crippen LogP contribution is -2.43. The Kier molecular flexibility index (Phi) is 5.09. The molecule has 5 nitrogen and oxygen atoms in total. The molecule has 0 N–H and O–H groups in total. The average Bonchev–Trinajstić information content (AvgIpc) is 2.85. The monoisotopic (exact) mass is 408 g/mol. The van der Waals surface area contributed by atoms with Gasteiger partial charge in [0.05, 0.1) is 0 Å². The number of nitrogens with zero attached hydrogens (tertiary/aromatic N) is 2. The number of ether oxygens (including phenoxy) is 1. The zero-order chi connectivity index (χ0) is 18.2. The molecule has 136 valence electrons. The van der Waals surface area contributed by atoms with E-state index in [1.165, 1.54) is 0 Å². The Balaban J connectivity index is 1.53. The highest BCUT2D eigenvalue weighted by Crippen LogP contribution is 2.31. The third-order valence-corrected chi connectivity index (χ3v) is 5.47. The topological polar surface area (TPSA) is 49.9 Å². The summed E-state index contributed by atoms with van der Waals surface area (Å²) in [7, 11) is 0. The summed E-state index contributed by atoms with van der Waals surface area (Å²) < 4.78 is 6.44. The molecule has 0 saturated carbocycles. The predicted molar refractivity (Wildman–Crippen MR) is 99.4 cm³/mol. The van der Waals surface area contributed by atoms with Crippen molar-refractivity contribution in [1.82, 2.24) is 9.80 Å². The molecule has 1 aromatic rings. The molecule has 25 heavy (non-hydrogen) atoms. The molecule has 2 aliphatic heterocycles. The van der Waals surface area contributed by atoms with Crippen LogP contribution < -0.4 is 0 Å². The molecule has 1 saturated heterocycles. The second kappa shape index (κ2) is 6.98. The van der Waals surface area contributed by atoms with Gasteiger partial charge in [-0.05, 0) is 57.2 Å². The molecule has 0 atom stereocenters. The van der Waals surface area contributed by atoms with Crippen molar-refractivity contribution >= 4 is 27.9 Å². The van der Waals surface area contributed by atoms with Gasteiger partial charge in [0.15, 0.2) is 0 Å². The third kappa shape index (κ3) is 4.17. The van der Waals surface area contributed by atoms with Gasteiger partial charge in [-0.1, -0.05) is 22.0 Å². The number of piperidine rings is 1. The van der Waals surface area contributed by atoms with E-state index in [0.717, 1.165) is 35.0 Å². The Morgan fingerprint density at radius 2 is 1.96 bits per heavy atom. The van der Waals surface area contributed by atoms with Gasteiger partial charge < -0.3 is 14.5 Å². The third-order valence-electron chi connectivity index (χ3n) is 4.73. The fourth-order valence-electron chi connectivity index (χ4n) is 3.44. The number of fused-ring (bicyclic) bond motifs is 1. The maximum absolute atomic E-state index is 12.6. The number of carbonyl (C=O) groups excluding carboxylic acids is 2. The van der Waals surface area contributed by atoms with Gasteiger partial charge in [0, 0.05) is 36.2 Å². The standard InChI is InChI=1S/C19H25BrN2O3/c1-19(2,3)25-18(24)21-9-7-13(8-10-21)11-22-12-15-14(17(22)23)5-4-6-16(15)20/h4-6,13H,7-12H2,1-3H3. The molecule has 0 radical (unpaired) electrons. The lowest BCUT2D eigenvalue weighted by atomic mass is 9.96. The number of carbonyl (C=O) groups is 2.